The number of aliphatic carboxylic acids is 1. The number of rotatable bonds is 15. The lowest BCUT2D eigenvalue weighted by molar-refractivity contribution is -0.139. The van der Waals surface area contributed by atoms with E-state index in [2.05, 4.69) is 16.0 Å². The number of carboxylic acids is 1. The van der Waals surface area contributed by atoms with Gasteiger partial charge >= 0.3 is 5.97 Å². The lowest BCUT2D eigenvalue weighted by Gasteiger charge is -2.25. The predicted molar refractivity (Wildman–Crippen MR) is 109 cm³/mol. The van der Waals surface area contributed by atoms with Gasteiger partial charge in [0.15, 0.2) is 0 Å². The van der Waals surface area contributed by atoms with Crippen molar-refractivity contribution in [2.75, 3.05) is 13.1 Å². The maximum atomic E-state index is 12.7. The molecule has 0 bridgehead atoms. The molecule has 0 rings (SSSR count). The van der Waals surface area contributed by atoms with Crippen molar-refractivity contribution in [1.82, 2.24) is 16.0 Å². The van der Waals surface area contributed by atoms with E-state index in [0.29, 0.717) is 25.8 Å². The fourth-order valence-electron chi connectivity index (χ4n) is 2.54. The first-order valence-electron chi connectivity index (χ1n) is 9.83. The normalized spacial score (nSPS) is 13.8. The molecule has 0 saturated heterocycles. The molecule has 0 spiro atoms. The van der Waals surface area contributed by atoms with Crippen LogP contribution in [0.15, 0.2) is 0 Å². The van der Waals surface area contributed by atoms with Crippen LogP contribution >= 0.6 is 0 Å². The van der Waals surface area contributed by atoms with E-state index in [9.17, 15) is 24.0 Å². The van der Waals surface area contributed by atoms with Gasteiger partial charge in [-0.1, -0.05) is 20.3 Å². The minimum Gasteiger partial charge on any atom is -0.480 e. The largest absolute Gasteiger partial charge is 0.480 e. The molecule has 0 aliphatic heterocycles. The van der Waals surface area contributed by atoms with Crippen LogP contribution in [0.25, 0.3) is 0 Å². The van der Waals surface area contributed by atoms with Gasteiger partial charge in [-0.2, -0.15) is 0 Å². The molecule has 172 valence electrons. The number of primary amides is 1. The van der Waals surface area contributed by atoms with Crippen molar-refractivity contribution in [3.05, 3.63) is 0 Å². The van der Waals surface area contributed by atoms with Gasteiger partial charge in [0.1, 0.15) is 18.6 Å². The van der Waals surface area contributed by atoms with Crippen LogP contribution in [0.4, 0.5) is 0 Å². The first kappa shape index (κ1) is 27.3. The lowest BCUT2D eigenvalue weighted by Crippen LogP contribution is -2.57. The Morgan fingerprint density at radius 1 is 0.933 bits per heavy atom. The Hall–Kier alpha value is -2.73. The number of carboxylic acid groups (broad SMARTS) is 1. The third-order valence-corrected chi connectivity index (χ3v) is 4.28. The average Bonchev–Trinajstić information content (AvgIpc) is 2.66. The third kappa shape index (κ3) is 11.3. The Morgan fingerprint density at radius 3 is 2.07 bits per heavy atom. The van der Waals surface area contributed by atoms with Gasteiger partial charge in [-0.3, -0.25) is 24.0 Å². The SMILES string of the molecule is CC(C)C(NC(=O)C(CCC(N)=O)NC(=O)C(N)CCCCN)C(=O)NCC(=O)O. The zero-order valence-electron chi connectivity index (χ0n) is 17.5. The molecule has 0 fully saturated rings. The highest BCUT2D eigenvalue weighted by Crippen LogP contribution is 2.06. The van der Waals surface area contributed by atoms with Crippen molar-refractivity contribution in [3.63, 3.8) is 0 Å². The Bertz CT molecular complexity index is 612. The molecule has 0 aromatic rings. The molecule has 4 amide bonds. The summed E-state index contributed by atoms with van der Waals surface area (Å²) in [5, 5.41) is 15.9. The van der Waals surface area contributed by atoms with Crippen LogP contribution in [-0.2, 0) is 24.0 Å². The highest BCUT2D eigenvalue weighted by molar-refractivity contribution is 5.94. The molecule has 0 aliphatic carbocycles. The summed E-state index contributed by atoms with van der Waals surface area (Å²) in [5.74, 6) is -4.22. The van der Waals surface area contributed by atoms with Crippen molar-refractivity contribution in [2.24, 2.45) is 23.1 Å². The van der Waals surface area contributed by atoms with Gasteiger partial charge in [0.2, 0.25) is 23.6 Å². The summed E-state index contributed by atoms with van der Waals surface area (Å²) in [6.07, 6.45) is 1.47. The summed E-state index contributed by atoms with van der Waals surface area (Å²) in [5.41, 5.74) is 16.4. The van der Waals surface area contributed by atoms with Gasteiger partial charge in [0.25, 0.3) is 0 Å². The maximum Gasteiger partial charge on any atom is 0.322 e. The summed E-state index contributed by atoms with van der Waals surface area (Å²) >= 11 is 0. The van der Waals surface area contributed by atoms with Crippen LogP contribution in [0.2, 0.25) is 0 Å². The monoisotopic (exact) mass is 430 g/mol. The van der Waals surface area contributed by atoms with Crippen LogP contribution in [0, 0.1) is 5.92 Å². The zero-order valence-corrected chi connectivity index (χ0v) is 17.5. The van der Waals surface area contributed by atoms with E-state index in [4.69, 9.17) is 22.3 Å². The number of hydrogen-bond donors (Lipinski definition) is 7. The fraction of sp³-hybridized carbons (Fsp3) is 0.722. The van der Waals surface area contributed by atoms with Gasteiger partial charge in [0.05, 0.1) is 6.04 Å². The molecule has 0 heterocycles. The number of nitrogens with two attached hydrogens (primary N) is 3. The van der Waals surface area contributed by atoms with Crippen LogP contribution < -0.4 is 33.2 Å². The maximum absolute atomic E-state index is 12.7. The van der Waals surface area contributed by atoms with Gasteiger partial charge in [-0.25, -0.2) is 0 Å². The molecule has 0 saturated carbocycles. The Kier molecular flexibility index (Phi) is 13.0. The second-order valence-electron chi connectivity index (χ2n) is 7.30. The van der Waals surface area contributed by atoms with E-state index in [1.54, 1.807) is 13.8 Å². The molecule has 0 aliphatic rings. The van der Waals surface area contributed by atoms with E-state index < -0.39 is 54.3 Å². The van der Waals surface area contributed by atoms with Gasteiger partial charge in [-0.05, 0) is 31.7 Å². The number of carbonyl (C=O) groups is 5. The van der Waals surface area contributed by atoms with Gasteiger partial charge < -0.3 is 38.3 Å². The Morgan fingerprint density at radius 2 is 1.57 bits per heavy atom. The fourth-order valence-corrected chi connectivity index (χ4v) is 2.54. The van der Waals surface area contributed by atoms with Crippen LogP contribution in [0.3, 0.4) is 0 Å². The van der Waals surface area contributed by atoms with Gasteiger partial charge in [-0.15, -0.1) is 0 Å². The summed E-state index contributed by atoms with van der Waals surface area (Å²) in [4.78, 5) is 59.0. The van der Waals surface area contributed by atoms with Crippen molar-refractivity contribution >= 4 is 29.6 Å². The predicted octanol–water partition coefficient (Wildman–Crippen LogP) is -2.47. The highest BCUT2D eigenvalue weighted by Gasteiger charge is 2.30. The molecule has 30 heavy (non-hydrogen) atoms. The lowest BCUT2D eigenvalue weighted by atomic mass is 10.0. The van der Waals surface area contributed by atoms with E-state index >= 15 is 0 Å². The summed E-state index contributed by atoms with van der Waals surface area (Å²) in [6, 6.07) is -3.04. The van der Waals surface area contributed by atoms with Crippen molar-refractivity contribution < 1.29 is 29.1 Å². The van der Waals surface area contributed by atoms with E-state index in [1.807, 2.05) is 0 Å². The topological polar surface area (TPSA) is 220 Å². The minimum atomic E-state index is -1.23. The third-order valence-electron chi connectivity index (χ3n) is 4.28. The van der Waals surface area contributed by atoms with Crippen molar-refractivity contribution in [2.45, 2.75) is 64.1 Å². The average molecular weight is 431 g/mol. The molecular weight excluding hydrogens is 396 g/mol. The van der Waals surface area contributed by atoms with Crippen molar-refractivity contribution in [1.29, 1.82) is 0 Å². The molecule has 0 aromatic heterocycles. The second kappa shape index (κ2) is 14.3. The standard InChI is InChI=1S/C18H34N6O6/c1-10(2)15(18(30)22-9-14(26)27)24-17(29)12(6-7-13(21)25)23-16(28)11(20)5-3-4-8-19/h10-12,15H,3-9,19-20H2,1-2H3,(H2,21,25)(H,22,30)(H,23,28)(H,24,29)(H,26,27). The number of amides is 4. The quantitative estimate of drug-likeness (QED) is 0.138. The zero-order chi connectivity index (χ0) is 23.3. The van der Waals surface area contributed by atoms with Crippen LogP contribution in [0.1, 0.15) is 46.0 Å². The first-order chi connectivity index (χ1) is 14.0. The molecule has 3 atom stereocenters. The summed E-state index contributed by atoms with van der Waals surface area (Å²) in [7, 11) is 0. The van der Waals surface area contributed by atoms with Gasteiger partial charge in [0, 0.05) is 6.42 Å². The molecular formula is C18H34N6O6. The molecule has 0 aromatic carbocycles. The van der Waals surface area contributed by atoms with E-state index in [1.165, 1.54) is 0 Å². The number of hydrogen-bond acceptors (Lipinski definition) is 7. The number of carbonyl (C=O) groups excluding carboxylic acids is 4. The summed E-state index contributed by atoms with van der Waals surface area (Å²) < 4.78 is 0. The van der Waals surface area contributed by atoms with Crippen LogP contribution in [-0.4, -0.2) is 65.9 Å². The minimum absolute atomic E-state index is 0.0794. The van der Waals surface area contributed by atoms with Crippen molar-refractivity contribution in [3.8, 4) is 0 Å². The van der Waals surface area contributed by atoms with Crippen LogP contribution in [0.5, 0.6) is 0 Å². The molecule has 10 N–H and O–H groups in total. The highest BCUT2D eigenvalue weighted by atomic mass is 16.4. The molecule has 0 radical (unpaired) electrons. The summed E-state index contributed by atoms with van der Waals surface area (Å²) in [6.45, 7) is 3.20. The smallest absolute Gasteiger partial charge is 0.322 e. The Balaban J connectivity index is 5.16. The number of unbranched alkanes of at least 4 members (excludes halogenated alkanes) is 1. The first-order valence-corrected chi connectivity index (χ1v) is 9.83. The molecule has 12 nitrogen and oxygen atoms in total. The molecule has 3 unspecified atom stereocenters. The van der Waals surface area contributed by atoms with E-state index in [-0.39, 0.29) is 18.8 Å². The number of nitrogens with one attached hydrogen (secondary N) is 3. The van der Waals surface area contributed by atoms with E-state index in [0.717, 1.165) is 0 Å². The molecule has 12 heteroatoms. The Labute approximate surface area is 175 Å². The second-order valence-corrected chi connectivity index (χ2v) is 7.30.